The van der Waals surface area contributed by atoms with Gasteiger partial charge >= 0.3 is 0 Å². The summed E-state index contributed by atoms with van der Waals surface area (Å²) in [7, 11) is 0. The molecule has 0 radical (unpaired) electrons. The highest BCUT2D eigenvalue weighted by atomic mass is 79.9. The van der Waals surface area contributed by atoms with Crippen molar-refractivity contribution in [3.63, 3.8) is 0 Å². The number of nitrogens with one attached hydrogen (secondary N) is 1. The lowest BCUT2D eigenvalue weighted by Crippen LogP contribution is -2.32. The number of benzene rings is 1. The minimum Gasteiger partial charge on any atom is -0.389 e. The van der Waals surface area contributed by atoms with E-state index in [1.54, 1.807) is 0 Å². The molecule has 19 heavy (non-hydrogen) atoms. The van der Waals surface area contributed by atoms with Crippen molar-refractivity contribution < 1.29 is 9.84 Å². The maximum Gasteiger partial charge on any atom is 0.0897 e. The standard InChI is InChI=1S/C15H24BrNO2/c1-3-4-9-19-11-13(18)10-17-12(2)14-7-5-6-8-15(14)16/h5-8,12-13,17-18H,3-4,9-11H2,1-2H3/t12-,13?/m1/s1. The summed E-state index contributed by atoms with van der Waals surface area (Å²) in [6.07, 6.45) is 1.71. The zero-order valence-corrected chi connectivity index (χ0v) is 13.3. The third-order valence-corrected chi connectivity index (χ3v) is 3.71. The predicted molar refractivity (Wildman–Crippen MR) is 82.3 cm³/mol. The number of rotatable bonds is 9. The van der Waals surface area contributed by atoms with Gasteiger partial charge in [0.1, 0.15) is 0 Å². The maximum absolute atomic E-state index is 9.81. The minimum atomic E-state index is -0.457. The van der Waals surface area contributed by atoms with Crippen LogP contribution in [-0.2, 0) is 4.74 Å². The van der Waals surface area contributed by atoms with Crippen LogP contribution in [-0.4, -0.2) is 31.0 Å². The van der Waals surface area contributed by atoms with Crippen LogP contribution < -0.4 is 5.32 Å². The number of aliphatic hydroxyl groups excluding tert-OH is 1. The Morgan fingerprint density at radius 1 is 1.37 bits per heavy atom. The molecule has 0 spiro atoms. The highest BCUT2D eigenvalue weighted by Crippen LogP contribution is 2.22. The van der Waals surface area contributed by atoms with Crippen LogP contribution in [0.5, 0.6) is 0 Å². The summed E-state index contributed by atoms with van der Waals surface area (Å²) in [5, 5.41) is 13.1. The molecule has 0 amide bonds. The number of unbranched alkanes of at least 4 members (excludes halogenated alkanes) is 1. The van der Waals surface area contributed by atoms with Crippen LogP contribution in [0.1, 0.15) is 38.3 Å². The first-order chi connectivity index (χ1) is 9.15. The highest BCUT2D eigenvalue weighted by Gasteiger charge is 2.10. The van der Waals surface area contributed by atoms with Gasteiger partial charge in [0.25, 0.3) is 0 Å². The second-order valence-electron chi connectivity index (χ2n) is 4.73. The Balaban J connectivity index is 2.26. The maximum atomic E-state index is 9.81. The topological polar surface area (TPSA) is 41.5 Å². The van der Waals surface area contributed by atoms with Crippen molar-refractivity contribution in [1.82, 2.24) is 5.32 Å². The smallest absolute Gasteiger partial charge is 0.0897 e. The van der Waals surface area contributed by atoms with Crippen molar-refractivity contribution >= 4 is 15.9 Å². The van der Waals surface area contributed by atoms with E-state index in [-0.39, 0.29) is 6.04 Å². The number of halogens is 1. The Labute approximate surface area is 124 Å². The molecule has 1 aromatic rings. The van der Waals surface area contributed by atoms with E-state index in [1.807, 2.05) is 18.2 Å². The first-order valence-corrected chi connectivity index (χ1v) is 7.68. The van der Waals surface area contributed by atoms with E-state index in [4.69, 9.17) is 4.74 Å². The van der Waals surface area contributed by atoms with Crippen LogP contribution in [0.4, 0.5) is 0 Å². The highest BCUT2D eigenvalue weighted by molar-refractivity contribution is 9.10. The molecule has 0 fully saturated rings. The third kappa shape index (κ3) is 6.52. The van der Waals surface area contributed by atoms with Gasteiger partial charge in [-0.15, -0.1) is 0 Å². The molecular formula is C15H24BrNO2. The fourth-order valence-corrected chi connectivity index (χ4v) is 2.40. The van der Waals surface area contributed by atoms with E-state index >= 15 is 0 Å². The van der Waals surface area contributed by atoms with Gasteiger partial charge in [0.05, 0.1) is 12.7 Å². The van der Waals surface area contributed by atoms with Gasteiger partial charge in [-0.25, -0.2) is 0 Å². The van der Waals surface area contributed by atoms with Crippen LogP contribution in [0.3, 0.4) is 0 Å². The van der Waals surface area contributed by atoms with Crippen molar-refractivity contribution in [2.45, 2.75) is 38.8 Å². The normalized spacial score (nSPS) is 14.3. The summed E-state index contributed by atoms with van der Waals surface area (Å²) in [5.74, 6) is 0. The summed E-state index contributed by atoms with van der Waals surface area (Å²) >= 11 is 3.54. The van der Waals surface area contributed by atoms with Gasteiger partial charge in [-0.05, 0) is 25.0 Å². The van der Waals surface area contributed by atoms with E-state index in [9.17, 15) is 5.11 Å². The predicted octanol–water partition coefficient (Wildman–Crippen LogP) is 3.28. The molecule has 0 aliphatic rings. The quantitative estimate of drug-likeness (QED) is 0.683. The Morgan fingerprint density at radius 3 is 2.79 bits per heavy atom. The van der Waals surface area contributed by atoms with Crippen molar-refractivity contribution in [3.8, 4) is 0 Å². The van der Waals surface area contributed by atoms with Gasteiger partial charge in [-0.3, -0.25) is 0 Å². The lowest BCUT2D eigenvalue weighted by Gasteiger charge is -2.18. The van der Waals surface area contributed by atoms with E-state index in [1.165, 1.54) is 5.56 Å². The van der Waals surface area contributed by atoms with Gasteiger partial charge in [0, 0.05) is 23.7 Å². The monoisotopic (exact) mass is 329 g/mol. The van der Waals surface area contributed by atoms with E-state index in [0.29, 0.717) is 13.2 Å². The number of hydrogen-bond donors (Lipinski definition) is 2. The van der Waals surface area contributed by atoms with Gasteiger partial charge in [0.15, 0.2) is 0 Å². The molecule has 1 unspecified atom stereocenters. The van der Waals surface area contributed by atoms with Crippen LogP contribution >= 0.6 is 15.9 Å². The summed E-state index contributed by atoms with van der Waals surface area (Å²) in [6, 6.07) is 8.31. The van der Waals surface area contributed by atoms with Gasteiger partial charge in [-0.2, -0.15) is 0 Å². The lowest BCUT2D eigenvalue weighted by molar-refractivity contribution is 0.0348. The molecule has 3 nitrogen and oxygen atoms in total. The van der Waals surface area contributed by atoms with Crippen molar-refractivity contribution in [2.24, 2.45) is 0 Å². The summed E-state index contributed by atoms with van der Waals surface area (Å²) in [5.41, 5.74) is 1.20. The van der Waals surface area contributed by atoms with Gasteiger partial charge < -0.3 is 15.2 Å². The lowest BCUT2D eigenvalue weighted by atomic mass is 10.1. The first-order valence-electron chi connectivity index (χ1n) is 6.88. The zero-order valence-electron chi connectivity index (χ0n) is 11.7. The van der Waals surface area contributed by atoms with Crippen LogP contribution in [0, 0.1) is 0 Å². The minimum absolute atomic E-state index is 0.195. The molecular weight excluding hydrogens is 306 g/mol. The molecule has 0 saturated carbocycles. The molecule has 108 valence electrons. The van der Waals surface area contributed by atoms with Crippen LogP contribution in [0.25, 0.3) is 0 Å². The zero-order chi connectivity index (χ0) is 14.1. The van der Waals surface area contributed by atoms with E-state index in [2.05, 4.69) is 41.2 Å². The molecule has 0 bridgehead atoms. The molecule has 2 atom stereocenters. The van der Waals surface area contributed by atoms with Crippen LogP contribution in [0.2, 0.25) is 0 Å². The van der Waals surface area contributed by atoms with Crippen molar-refractivity contribution in [2.75, 3.05) is 19.8 Å². The Morgan fingerprint density at radius 2 is 2.11 bits per heavy atom. The Bertz CT molecular complexity index is 360. The number of aliphatic hydroxyl groups is 1. The van der Waals surface area contributed by atoms with Gasteiger partial charge in [-0.1, -0.05) is 47.5 Å². The SMILES string of the molecule is CCCCOCC(O)CN[C@H](C)c1ccccc1Br. The number of hydrogen-bond acceptors (Lipinski definition) is 3. The molecule has 0 heterocycles. The van der Waals surface area contributed by atoms with Crippen molar-refractivity contribution in [1.29, 1.82) is 0 Å². The first kappa shape index (κ1) is 16.6. The second kappa shape index (κ2) is 9.48. The molecule has 0 aliphatic carbocycles. The second-order valence-corrected chi connectivity index (χ2v) is 5.59. The summed E-state index contributed by atoms with van der Waals surface area (Å²) in [6.45, 7) is 5.88. The fourth-order valence-electron chi connectivity index (χ4n) is 1.77. The Hall–Kier alpha value is -0.420. The molecule has 0 aromatic heterocycles. The third-order valence-electron chi connectivity index (χ3n) is 2.98. The fraction of sp³-hybridized carbons (Fsp3) is 0.600. The average Bonchev–Trinajstić information content (AvgIpc) is 2.41. The average molecular weight is 330 g/mol. The molecule has 1 aromatic carbocycles. The van der Waals surface area contributed by atoms with Crippen molar-refractivity contribution in [3.05, 3.63) is 34.3 Å². The van der Waals surface area contributed by atoms with E-state index in [0.717, 1.165) is 23.9 Å². The Kier molecular flexibility index (Phi) is 8.30. The van der Waals surface area contributed by atoms with Crippen LogP contribution in [0.15, 0.2) is 28.7 Å². The molecule has 1 rings (SSSR count). The summed E-state index contributed by atoms with van der Waals surface area (Å²) < 4.78 is 6.49. The number of ether oxygens (including phenoxy) is 1. The van der Waals surface area contributed by atoms with E-state index < -0.39 is 6.10 Å². The van der Waals surface area contributed by atoms with Gasteiger partial charge in [0.2, 0.25) is 0 Å². The molecule has 0 saturated heterocycles. The summed E-state index contributed by atoms with van der Waals surface area (Å²) in [4.78, 5) is 0. The largest absolute Gasteiger partial charge is 0.389 e. The molecule has 4 heteroatoms. The molecule has 2 N–H and O–H groups in total. The molecule has 0 aliphatic heterocycles.